The minimum atomic E-state index is -1.57. The summed E-state index contributed by atoms with van der Waals surface area (Å²) in [6.07, 6.45) is 70.2. The van der Waals surface area contributed by atoms with Crippen LogP contribution >= 0.6 is 0 Å². The Kier molecular flexibility index (Phi) is 59.4. The summed E-state index contributed by atoms with van der Waals surface area (Å²) in [7, 11) is 0. The van der Waals surface area contributed by atoms with Crippen molar-refractivity contribution in [1.82, 2.24) is 5.32 Å². The van der Waals surface area contributed by atoms with Gasteiger partial charge in [0, 0.05) is 12.8 Å². The highest BCUT2D eigenvalue weighted by molar-refractivity contribution is 5.76. The first-order chi connectivity index (χ1) is 41.2. The van der Waals surface area contributed by atoms with Crippen molar-refractivity contribution in [3.05, 3.63) is 36.5 Å². The Labute approximate surface area is 517 Å². The molecule has 11 nitrogen and oxygen atoms in total. The number of carbonyl (C=O) groups is 2. The fourth-order valence-electron chi connectivity index (χ4n) is 11.5. The van der Waals surface area contributed by atoms with Gasteiger partial charge < -0.3 is 45.1 Å². The van der Waals surface area contributed by atoms with Crippen molar-refractivity contribution < 1.29 is 49.3 Å². The lowest BCUT2D eigenvalue weighted by atomic mass is 9.99. The maximum absolute atomic E-state index is 13.0. The second kappa shape index (κ2) is 62.5. The van der Waals surface area contributed by atoms with Crippen LogP contribution < -0.4 is 5.32 Å². The molecule has 11 heteroatoms. The Bertz CT molecular complexity index is 1490. The summed E-state index contributed by atoms with van der Waals surface area (Å²) >= 11 is 0. The molecule has 6 N–H and O–H groups in total. The number of carbonyl (C=O) groups excluding carboxylic acids is 2. The number of unbranched alkanes of at least 4 members (excludes halogenated alkanes) is 46. The van der Waals surface area contributed by atoms with E-state index in [4.69, 9.17) is 14.2 Å². The van der Waals surface area contributed by atoms with E-state index < -0.39 is 49.5 Å². The Balaban J connectivity index is 1.90. The Morgan fingerprint density at radius 3 is 1.14 bits per heavy atom. The predicted octanol–water partition coefficient (Wildman–Crippen LogP) is 18.6. The topological polar surface area (TPSA) is 175 Å². The molecule has 7 unspecified atom stereocenters. The normalized spacial score (nSPS) is 18.2. The van der Waals surface area contributed by atoms with E-state index in [1.165, 1.54) is 270 Å². The smallest absolute Gasteiger partial charge is 0.305 e. The number of aliphatic hydroxyl groups is 5. The van der Waals surface area contributed by atoms with E-state index in [2.05, 4.69) is 43.5 Å². The molecule has 1 fully saturated rings. The fraction of sp³-hybridized carbons (Fsp3) is 0.890. The molecule has 1 heterocycles. The maximum Gasteiger partial charge on any atom is 0.305 e. The zero-order chi connectivity index (χ0) is 60.9. The number of allylic oxidation sites excluding steroid dienone is 5. The highest BCUT2D eigenvalue weighted by Crippen LogP contribution is 2.23. The van der Waals surface area contributed by atoms with Gasteiger partial charge in [-0.15, -0.1) is 0 Å². The van der Waals surface area contributed by atoms with Crippen molar-refractivity contribution in [2.75, 3.05) is 19.8 Å². The average molecular weight is 1190 g/mol. The molecule has 0 spiro atoms. The molecule has 494 valence electrons. The second-order valence-electron chi connectivity index (χ2n) is 25.3. The van der Waals surface area contributed by atoms with Crippen LogP contribution in [0.15, 0.2) is 36.5 Å². The number of ether oxygens (including phenoxy) is 3. The van der Waals surface area contributed by atoms with Crippen molar-refractivity contribution in [3.63, 3.8) is 0 Å². The minimum Gasteiger partial charge on any atom is -0.466 e. The lowest BCUT2D eigenvalue weighted by molar-refractivity contribution is -0.302. The van der Waals surface area contributed by atoms with Crippen molar-refractivity contribution in [2.45, 2.75) is 397 Å². The van der Waals surface area contributed by atoms with Gasteiger partial charge in [0.05, 0.1) is 32.0 Å². The molecule has 0 aromatic carbocycles. The molecule has 1 aliphatic heterocycles. The van der Waals surface area contributed by atoms with Crippen molar-refractivity contribution in [3.8, 4) is 0 Å². The molecular formula is C73H137NO10. The van der Waals surface area contributed by atoms with Crippen LogP contribution in [-0.2, 0) is 23.8 Å². The molecule has 84 heavy (non-hydrogen) atoms. The predicted molar refractivity (Wildman–Crippen MR) is 352 cm³/mol. The van der Waals surface area contributed by atoms with Gasteiger partial charge in [-0.25, -0.2) is 0 Å². The van der Waals surface area contributed by atoms with Crippen LogP contribution in [0.25, 0.3) is 0 Å². The zero-order valence-corrected chi connectivity index (χ0v) is 54.9. The van der Waals surface area contributed by atoms with Gasteiger partial charge in [0.1, 0.15) is 24.4 Å². The van der Waals surface area contributed by atoms with Gasteiger partial charge in [0.25, 0.3) is 0 Å². The Morgan fingerprint density at radius 1 is 0.429 bits per heavy atom. The summed E-state index contributed by atoms with van der Waals surface area (Å²) in [5, 5.41) is 54.3. The summed E-state index contributed by atoms with van der Waals surface area (Å²) in [5.74, 6) is -0.177. The molecule has 0 aromatic rings. The van der Waals surface area contributed by atoms with Crippen molar-refractivity contribution in [1.29, 1.82) is 0 Å². The zero-order valence-electron chi connectivity index (χ0n) is 54.9. The monoisotopic (exact) mass is 1190 g/mol. The van der Waals surface area contributed by atoms with Crippen LogP contribution in [0.4, 0.5) is 0 Å². The van der Waals surface area contributed by atoms with E-state index in [-0.39, 0.29) is 18.5 Å². The minimum absolute atomic E-state index is 0.00525. The first-order valence-corrected chi connectivity index (χ1v) is 36.3. The summed E-state index contributed by atoms with van der Waals surface area (Å²) in [5.41, 5.74) is 0. The highest BCUT2D eigenvalue weighted by Gasteiger charge is 2.44. The maximum atomic E-state index is 13.0. The van der Waals surface area contributed by atoms with Gasteiger partial charge in [-0.3, -0.25) is 9.59 Å². The summed E-state index contributed by atoms with van der Waals surface area (Å²) < 4.78 is 16.7. The van der Waals surface area contributed by atoms with Crippen LogP contribution in [0.2, 0.25) is 0 Å². The van der Waals surface area contributed by atoms with E-state index in [1.54, 1.807) is 6.08 Å². The molecule has 1 aliphatic rings. The average Bonchev–Trinajstić information content (AvgIpc) is 3.69. The Morgan fingerprint density at radius 2 is 0.762 bits per heavy atom. The largest absolute Gasteiger partial charge is 0.466 e. The molecule has 0 aliphatic carbocycles. The van der Waals surface area contributed by atoms with Crippen LogP contribution in [0.3, 0.4) is 0 Å². The summed E-state index contributed by atoms with van der Waals surface area (Å²) in [4.78, 5) is 25.1. The van der Waals surface area contributed by atoms with Crippen molar-refractivity contribution >= 4 is 11.9 Å². The second-order valence-corrected chi connectivity index (χ2v) is 25.3. The summed E-state index contributed by atoms with van der Waals surface area (Å²) in [6.45, 7) is 4.34. The number of aliphatic hydroxyl groups excluding tert-OH is 5. The van der Waals surface area contributed by atoms with Crippen LogP contribution in [0.1, 0.15) is 354 Å². The lowest BCUT2D eigenvalue weighted by Crippen LogP contribution is -2.60. The van der Waals surface area contributed by atoms with Gasteiger partial charge in [0.15, 0.2) is 6.29 Å². The first kappa shape index (κ1) is 79.9. The van der Waals surface area contributed by atoms with Gasteiger partial charge in [-0.1, -0.05) is 294 Å². The molecule has 0 aromatic heterocycles. The van der Waals surface area contributed by atoms with Crippen LogP contribution in [-0.4, -0.2) is 100 Å². The first-order valence-electron chi connectivity index (χ1n) is 36.3. The Hall–Kier alpha value is -2.12. The van der Waals surface area contributed by atoms with Crippen molar-refractivity contribution in [2.24, 2.45) is 0 Å². The van der Waals surface area contributed by atoms with Gasteiger partial charge in [-0.05, 0) is 83.5 Å². The lowest BCUT2D eigenvalue weighted by Gasteiger charge is -2.40. The number of rotatable bonds is 64. The molecule has 1 rings (SSSR count). The van der Waals surface area contributed by atoms with Crippen LogP contribution in [0, 0.1) is 0 Å². The van der Waals surface area contributed by atoms with E-state index in [9.17, 15) is 35.1 Å². The fourth-order valence-corrected chi connectivity index (χ4v) is 11.5. The highest BCUT2D eigenvalue weighted by atomic mass is 16.7. The number of hydrogen-bond donors (Lipinski definition) is 6. The molecule has 7 atom stereocenters. The van der Waals surface area contributed by atoms with E-state index in [0.717, 1.165) is 57.8 Å². The SMILES string of the molecule is CCCCCCCCC/C=C\CCCCCCCCCC(=O)OCCCCCCCCCCCCCC/C=C\CCCCCCCCCCCCCCCC(=O)NC(COC1OC(CO)C(O)C(O)C1O)C(O)/C=C/CCCCCCCCC. The number of hydrogen-bond acceptors (Lipinski definition) is 10. The number of esters is 1. The quantitative estimate of drug-likeness (QED) is 0.0195. The van der Waals surface area contributed by atoms with E-state index >= 15 is 0 Å². The summed E-state index contributed by atoms with van der Waals surface area (Å²) in [6, 6.07) is -0.808. The van der Waals surface area contributed by atoms with Gasteiger partial charge >= 0.3 is 5.97 Å². The van der Waals surface area contributed by atoms with E-state index in [0.29, 0.717) is 19.4 Å². The molecule has 0 radical (unpaired) electrons. The third-order valence-corrected chi connectivity index (χ3v) is 17.2. The molecule has 1 amide bonds. The molecular weight excluding hydrogens is 1050 g/mol. The van der Waals surface area contributed by atoms with Gasteiger partial charge in [-0.2, -0.15) is 0 Å². The van der Waals surface area contributed by atoms with Crippen LogP contribution in [0.5, 0.6) is 0 Å². The van der Waals surface area contributed by atoms with E-state index in [1.807, 2.05) is 6.08 Å². The number of amides is 1. The number of nitrogens with one attached hydrogen (secondary N) is 1. The van der Waals surface area contributed by atoms with Gasteiger partial charge in [0.2, 0.25) is 5.91 Å². The standard InChI is InChI=1S/C73H137NO10/c1-3-5-7-9-11-13-14-15-16-17-32-35-38-41-45-49-53-57-61-69(78)82-62-58-54-50-46-42-39-36-33-30-28-26-24-22-20-18-19-21-23-25-27-29-31-34-37-40-44-48-52-56-60-68(77)74-65(66(76)59-55-51-47-43-12-10-8-6-4-2)64-83-73-72(81)71(80)70(79)67(63-75)84-73/h16-18,20,55,59,65-67,70-73,75-76,79-81H,3-15,19,21-54,56-58,60-64H2,1-2H3,(H,74,77)/b17-16-,20-18-,59-55+. The third-order valence-electron chi connectivity index (χ3n) is 17.2. The molecule has 0 saturated carbocycles. The molecule has 0 bridgehead atoms. The third kappa shape index (κ3) is 50.8. The molecule has 1 saturated heterocycles.